The minimum absolute atomic E-state index is 0.0133. The summed E-state index contributed by atoms with van der Waals surface area (Å²) in [6.07, 6.45) is 1.64. The first-order valence-electron chi connectivity index (χ1n) is 12.8. The van der Waals surface area contributed by atoms with Crippen LogP contribution in [0.15, 0.2) is 71.3 Å². The minimum atomic E-state index is -0.336. The highest BCUT2D eigenvalue weighted by molar-refractivity contribution is 6.12. The van der Waals surface area contributed by atoms with E-state index in [9.17, 15) is 14.7 Å². The molecule has 8 heteroatoms. The molecule has 8 nitrogen and oxygen atoms in total. The number of carbonyl (C=O) groups excluding carboxylic acids is 2. The van der Waals surface area contributed by atoms with Gasteiger partial charge in [-0.15, -0.1) is 0 Å². The molecule has 0 aliphatic carbocycles. The Morgan fingerprint density at radius 2 is 1.72 bits per heavy atom. The summed E-state index contributed by atoms with van der Waals surface area (Å²) in [4.78, 5) is 34.7. The Bertz CT molecular complexity index is 1940. The summed E-state index contributed by atoms with van der Waals surface area (Å²) in [6, 6.07) is 18.5. The summed E-state index contributed by atoms with van der Waals surface area (Å²) < 4.78 is 5.61. The molecular weight excluding hydrogens is 492 g/mol. The van der Waals surface area contributed by atoms with Crippen molar-refractivity contribution in [2.24, 2.45) is 0 Å². The molecular formula is C31H26N4O4. The van der Waals surface area contributed by atoms with E-state index in [1.54, 1.807) is 29.4 Å². The van der Waals surface area contributed by atoms with Crippen LogP contribution in [0.2, 0.25) is 0 Å². The number of carbonyl (C=O) groups is 2. The van der Waals surface area contributed by atoms with Crippen LogP contribution in [0.1, 0.15) is 46.0 Å². The normalized spacial score (nSPS) is 14.4. The Morgan fingerprint density at radius 1 is 0.974 bits per heavy atom. The number of aryl methyl sites for hydroxylation is 1. The van der Waals surface area contributed by atoms with Crippen molar-refractivity contribution in [3.05, 3.63) is 89.4 Å². The SMILES string of the molecule is Cc1coc2c(O)cc3c(c12)C(C)(C)CN3C(=O)c1cc2cc(NC(=O)c3cc4ccccc4[nH]3)ccc2[nH]1. The minimum Gasteiger partial charge on any atom is -0.504 e. The Labute approximate surface area is 223 Å². The van der Waals surface area contributed by atoms with Gasteiger partial charge in [-0.3, -0.25) is 9.59 Å². The van der Waals surface area contributed by atoms with E-state index in [-0.39, 0.29) is 23.0 Å². The third-order valence-electron chi connectivity index (χ3n) is 7.64. The number of nitrogens with one attached hydrogen (secondary N) is 3. The average Bonchev–Trinajstić information content (AvgIpc) is 3.67. The summed E-state index contributed by atoms with van der Waals surface area (Å²) in [5, 5.41) is 16.2. The molecule has 0 saturated carbocycles. The summed E-state index contributed by atoms with van der Waals surface area (Å²) in [5.74, 6) is -0.421. The van der Waals surface area contributed by atoms with Gasteiger partial charge in [0.05, 0.1) is 12.0 Å². The van der Waals surface area contributed by atoms with Gasteiger partial charge in [0.25, 0.3) is 11.8 Å². The second kappa shape index (κ2) is 8.01. The smallest absolute Gasteiger partial charge is 0.274 e. The standard InChI is InChI=1S/C31H26N4O4/c1-16-14-39-28-25(36)13-24-27(26(16)28)31(2,3)15-35(24)30(38)23-12-18-10-19(8-9-21(18)34-23)32-29(37)22-11-17-6-4-5-7-20(17)33-22/h4-14,33-34,36H,15H2,1-3H3,(H,32,37). The molecule has 0 bridgehead atoms. The highest BCUT2D eigenvalue weighted by Crippen LogP contribution is 2.49. The quantitative estimate of drug-likeness (QED) is 0.211. The van der Waals surface area contributed by atoms with Crippen LogP contribution < -0.4 is 10.2 Å². The third-order valence-corrected chi connectivity index (χ3v) is 7.64. The van der Waals surface area contributed by atoms with Gasteiger partial charge in [0.15, 0.2) is 11.3 Å². The number of H-pyrrole nitrogens is 2. The fourth-order valence-corrected chi connectivity index (χ4v) is 5.84. The molecule has 3 aromatic carbocycles. The molecule has 0 unspecified atom stereocenters. The van der Waals surface area contributed by atoms with Gasteiger partial charge in [0.1, 0.15) is 11.4 Å². The number of anilines is 2. The molecule has 4 N–H and O–H groups in total. The number of phenolic OH excluding ortho intramolecular Hbond substituents is 1. The van der Waals surface area contributed by atoms with Crippen molar-refractivity contribution in [3.8, 4) is 5.75 Å². The number of fused-ring (bicyclic) bond motifs is 5. The van der Waals surface area contributed by atoms with Gasteiger partial charge in [0.2, 0.25) is 0 Å². The maximum absolute atomic E-state index is 13.8. The van der Waals surface area contributed by atoms with Crippen molar-refractivity contribution in [2.75, 3.05) is 16.8 Å². The van der Waals surface area contributed by atoms with Crippen LogP contribution in [-0.4, -0.2) is 33.4 Å². The van der Waals surface area contributed by atoms with Gasteiger partial charge in [-0.05, 0) is 54.4 Å². The first-order chi connectivity index (χ1) is 18.7. The molecule has 4 heterocycles. The second-order valence-electron chi connectivity index (χ2n) is 10.9. The van der Waals surface area contributed by atoms with Gasteiger partial charge < -0.3 is 29.7 Å². The highest BCUT2D eigenvalue weighted by Gasteiger charge is 2.41. The van der Waals surface area contributed by atoms with Crippen molar-refractivity contribution in [1.82, 2.24) is 9.97 Å². The van der Waals surface area contributed by atoms with Crippen LogP contribution in [0.25, 0.3) is 32.8 Å². The molecule has 0 radical (unpaired) electrons. The molecule has 1 aliphatic rings. The topological polar surface area (TPSA) is 114 Å². The largest absolute Gasteiger partial charge is 0.504 e. The number of hydrogen-bond donors (Lipinski definition) is 4. The number of aromatic hydroxyl groups is 1. The Hall–Kier alpha value is -4.98. The maximum atomic E-state index is 13.8. The fraction of sp³-hybridized carbons (Fsp3) is 0.161. The zero-order valence-corrected chi connectivity index (χ0v) is 21.7. The summed E-state index contributed by atoms with van der Waals surface area (Å²) in [5.41, 5.74) is 5.92. The lowest BCUT2D eigenvalue weighted by Gasteiger charge is -2.20. The van der Waals surface area contributed by atoms with Gasteiger partial charge >= 0.3 is 0 Å². The number of hydrogen-bond acceptors (Lipinski definition) is 4. The van der Waals surface area contributed by atoms with Crippen LogP contribution in [0.4, 0.5) is 11.4 Å². The zero-order chi connectivity index (χ0) is 27.1. The van der Waals surface area contributed by atoms with E-state index in [0.29, 0.717) is 34.9 Å². The lowest BCUT2D eigenvalue weighted by molar-refractivity contribution is 0.0980. The lowest BCUT2D eigenvalue weighted by Crippen LogP contribution is -2.34. The highest BCUT2D eigenvalue weighted by atomic mass is 16.3. The number of amides is 2. The zero-order valence-electron chi connectivity index (χ0n) is 21.7. The number of furan rings is 1. The Morgan fingerprint density at radius 3 is 2.54 bits per heavy atom. The van der Waals surface area contributed by atoms with Gasteiger partial charge in [-0.1, -0.05) is 32.0 Å². The number of benzene rings is 3. The van der Waals surface area contributed by atoms with Gasteiger partial charge in [-0.2, -0.15) is 0 Å². The molecule has 7 rings (SSSR count). The predicted octanol–water partition coefficient (Wildman–Crippen LogP) is 6.60. The number of aromatic nitrogens is 2. The van der Waals surface area contributed by atoms with Crippen LogP contribution in [-0.2, 0) is 5.41 Å². The van der Waals surface area contributed by atoms with Crippen molar-refractivity contribution < 1.29 is 19.1 Å². The van der Waals surface area contributed by atoms with Crippen LogP contribution in [0.5, 0.6) is 5.75 Å². The van der Waals surface area contributed by atoms with E-state index >= 15 is 0 Å². The molecule has 0 saturated heterocycles. The molecule has 0 spiro atoms. The van der Waals surface area contributed by atoms with E-state index in [1.807, 2.05) is 49.4 Å². The molecule has 3 aromatic heterocycles. The molecule has 194 valence electrons. The van der Waals surface area contributed by atoms with Crippen molar-refractivity contribution in [2.45, 2.75) is 26.2 Å². The number of rotatable bonds is 3. The van der Waals surface area contributed by atoms with E-state index in [0.717, 1.165) is 38.3 Å². The lowest BCUT2D eigenvalue weighted by atomic mass is 9.84. The number of nitrogens with zero attached hydrogens (tertiary/aromatic N) is 1. The van der Waals surface area contributed by atoms with E-state index in [1.165, 1.54) is 0 Å². The number of para-hydroxylation sites is 1. The monoisotopic (exact) mass is 518 g/mol. The van der Waals surface area contributed by atoms with Crippen molar-refractivity contribution in [1.29, 1.82) is 0 Å². The fourth-order valence-electron chi connectivity index (χ4n) is 5.84. The summed E-state index contributed by atoms with van der Waals surface area (Å²) in [6.45, 7) is 6.59. The second-order valence-corrected chi connectivity index (χ2v) is 10.9. The molecule has 39 heavy (non-hydrogen) atoms. The van der Waals surface area contributed by atoms with E-state index in [2.05, 4.69) is 29.1 Å². The Kier molecular flexibility index (Phi) is 4.76. The molecule has 2 amide bonds. The van der Waals surface area contributed by atoms with E-state index in [4.69, 9.17) is 4.42 Å². The first kappa shape index (κ1) is 23.2. The predicted molar refractivity (Wildman–Crippen MR) is 152 cm³/mol. The number of phenols is 1. The van der Waals surface area contributed by atoms with Gasteiger partial charge in [0, 0.05) is 50.9 Å². The average molecular weight is 519 g/mol. The molecule has 0 atom stereocenters. The van der Waals surface area contributed by atoms with Crippen LogP contribution >= 0.6 is 0 Å². The van der Waals surface area contributed by atoms with E-state index < -0.39 is 0 Å². The van der Waals surface area contributed by atoms with Crippen molar-refractivity contribution >= 4 is 56.0 Å². The molecule has 1 aliphatic heterocycles. The summed E-state index contributed by atoms with van der Waals surface area (Å²) >= 11 is 0. The summed E-state index contributed by atoms with van der Waals surface area (Å²) in [7, 11) is 0. The maximum Gasteiger partial charge on any atom is 0.274 e. The van der Waals surface area contributed by atoms with Crippen LogP contribution in [0.3, 0.4) is 0 Å². The molecule has 0 fully saturated rings. The molecule has 6 aromatic rings. The third kappa shape index (κ3) is 3.52. The number of aromatic amines is 2. The van der Waals surface area contributed by atoms with Gasteiger partial charge in [-0.25, -0.2) is 0 Å². The van der Waals surface area contributed by atoms with Crippen molar-refractivity contribution in [3.63, 3.8) is 0 Å². The first-order valence-corrected chi connectivity index (χ1v) is 12.8. The van der Waals surface area contributed by atoms with Crippen LogP contribution in [0, 0.1) is 6.92 Å². The Balaban J connectivity index is 1.20.